The van der Waals surface area contributed by atoms with Crippen molar-refractivity contribution in [1.29, 1.82) is 0 Å². The van der Waals surface area contributed by atoms with Crippen molar-refractivity contribution in [3.63, 3.8) is 0 Å². The Morgan fingerprint density at radius 1 is 0.850 bits per heavy atom. The minimum absolute atomic E-state index is 0.207. The van der Waals surface area contributed by atoms with Crippen LogP contribution in [0.15, 0.2) is 114 Å². The number of hydrogen-bond acceptors (Lipinski definition) is 6. The predicted molar refractivity (Wildman–Crippen MR) is 158 cm³/mol. The highest BCUT2D eigenvalue weighted by Gasteiger charge is 2.16. The van der Waals surface area contributed by atoms with Crippen LogP contribution in [0.2, 0.25) is 0 Å². The third-order valence-electron chi connectivity index (χ3n) is 6.87. The van der Waals surface area contributed by atoms with Crippen LogP contribution in [0, 0.1) is 0 Å². The maximum atomic E-state index is 12.9. The van der Waals surface area contributed by atoms with Gasteiger partial charge in [0.1, 0.15) is 11.2 Å². The maximum Gasteiger partial charge on any atom is 0.255 e. The number of hydrogen-bond donors (Lipinski definition) is 3. The van der Waals surface area contributed by atoms with Crippen molar-refractivity contribution in [3.05, 3.63) is 120 Å². The topological polar surface area (TPSA) is 110 Å². The molecule has 4 aromatic carbocycles. The van der Waals surface area contributed by atoms with E-state index in [1.807, 2.05) is 78.9 Å². The molecule has 8 heteroatoms. The van der Waals surface area contributed by atoms with Gasteiger partial charge in [-0.3, -0.25) is 4.79 Å². The largest absolute Gasteiger partial charge is 0.455 e. The van der Waals surface area contributed by atoms with Crippen molar-refractivity contribution in [2.45, 2.75) is 6.54 Å². The first-order valence-electron chi connectivity index (χ1n) is 12.9. The van der Waals surface area contributed by atoms with Gasteiger partial charge in [0.15, 0.2) is 0 Å². The quantitative estimate of drug-likeness (QED) is 0.222. The molecule has 0 aliphatic carbocycles. The average Bonchev–Trinajstić information content (AvgIpc) is 3.62. The van der Waals surface area contributed by atoms with Crippen molar-refractivity contribution >= 4 is 50.7 Å². The number of carbonyl (C=O) groups is 1. The number of aromatic nitrogens is 3. The van der Waals surface area contributed by atoms with E-state index in [4.69, 9.17) is 15.1 Å². The molecule has 0 saturated heterocycles. The summed E-state index contributed by atoms with van der Waals surface area (Å²) in [5.74, 6) is 0.325. The normalized spacial score (nSPS) is 11.3. The van der Waals surface area contributed by atoms with E-state index >= 15 is 0 Å². The van der Waals surface area contributed by atoms with E-state index in [-0.39, 0.29) is 5.91 Å². The zero-order chi connectivity index (χ0) is 27.1. The first kappa shape index (κ1) is 23.6. The second-order valence-electron chi connectivity index (χ2n) is 9.48. The molecule has 0 aliphatic rings. The Morgan fingerprint density at radius 2 is 1.68 bits per heavy atom. The number of nitrogens with one attached hydrogen (secondary N) is 2. The van der Waals surface area contributed by atoms with Gasteiger partial charge in [0.2, 0.25) is 5.95 Å². The number of carbonyl (C=O) groups excluding carboxylic acids is 1. The average molecular weight is 525 g/mol. The van der Waals surface area contributed by atoms with Crippen LogP contribution in [0.3, 0.4) is 0 Å². The molecule has 194 valence electrons. The molecule has 0 atom stereocenters. The van der Waals surface area contributed by atoms with Gasteiger partial charge < -0.3 is 20.8 Å². The zero-order valence-corrected chi connectivity index (χ0v) is 21.3. The number of nitrogens with two attached hydrogens (primary N) is 1. The highest BCUT2D eigenvalue weighted by molar-refractivity contribution is 6.09. The number of benzene rings is 4. The molecule has 0 spiro atoms. The maximum absolute atomic E-state index is 12.9. The third-order valence-corrected chi connectivity index (χ3v) is 6.87. The fourth-order valence-electron chi connectivity index (χ4n) is 4.95. The summed E-state index contributed by atoms with van der Waals surface area (Å²) in [6, 6.07) is 32.8. The molecule has 0 saturated carbocycles. The molecule has 7 rings (SSSR count). The summed E-state index contributed by atoms with van der Waals surface area (Å²) in [5, 5.41) is 12.9. The summed E-state index contributed by atoms with van der Waals surface area (Å²) in [6.07, 6.45) is 1.74. The van der Waals surface area contributed by atoms with Gasteiger partial charge in [-0.1, -0.05) is 48.5 Å². The number of para-hydroxylation sites is 2. The Bertz CT molecular complexity index is 2040. The molecule has 1 amide bonds. The van der Waals surface area contributed by atoms with E-state index in [0.29, 0.717) is 23.7 Å². The number of furan rings is 1. The molecule has 7 aromatic rings. The molecule has 3 heterocycles. The summed E-state index contributed by atoms with van der Waals surface area (Å²) in [7, 11) is 0. The van der Waals surface area contributed by atoms with Gasteiger partial charge in [0.25, 0.3) is 5.91 Å². The van der Waals surface area contributed by atoms with Gasteiger partial charge in [0, 0.05) is 39.8 Å². The van der Waals surface area contributed by atoms with E-state index < -0.39 is 0 Å². The fraction of sp³-hybridized carbons (Fsp3) is 0.0312. The molecular weight excluding hydrogens is 500 g/mol. The lowest BCUT2D eigenvalue weighted by Crippen LogP contribution is -2.12. The standard InChI is InChI=1S/C32H24N6O2/c33-19-20-6-3-7-21(16-20)31(39)35-22-8-4-9-23(17-22)36-32-37-28(18-24-14-15-34-38(24)32)27-12-5-11-26-25-10-1-2-13-29(25)40-30(26)27/h1-18H,19,33H2,(H,35,39)(H,36,37). The Balaban J connectivity index is 1.24. The lowest BCUT2D eigenvalue weighted by atomic mass is 10.1. The van der Waals surface area contributed by atoms with Gasteiger partial charge in [0.05, 0.1) is 17.4 Å². The van der Waals surface area contributed by atoms with E-state index in [0.717, 1.165) is 50.0 Å². The minimum Gasteiger partial charge on any atom is -0.455 e. The Kier molecular flexibility index (Phi) is 5.72. The Labute approximate surface area is 229 Å². The Morgan fingerprint density at radius 3 is 2.60 bits per heavy atom. The van der Waals surface area contributed by atoms with Gasteiger partial charge in [-0.15, -0.1) is 0 Å². The van der Waals surface area contributed by atoms with Gasteiger partial charge >= 0.3 is 0 Å². The van der Waals surface area contributed by atoms with Gasteiger partial charge in [-0.25, -0.2) is 9.50 Å². The van der Waals surface area contributed by atoms with E-state index in [9.17, 15) is 4.79 Å². The number of fused-ring (bicyclic) bond motifs is 4. The third kappa shape index (κ3) is 4.22. The number of nitrogens with zero attached hydrogens (tertiary/aromatic N) is 3. The highest BCUT2D eigenvalue weighted by Crippen LogP contribution is 2.36. The SMILES string of the molecule is NCc1cccc(C(=O)Nc2cccc(Nc3nc(-c4cccc5c4oc4ccccc45)cc4ccnn34)c2)c1. The van der Waals surface area contributed by atoms with Crippen molar-refractivity contribution in [2.24, 2.45) is 5.73 Å². The molecular formula is C32H24N6O2. The summed E-state index contributed by atoms with van der Waals surface area (Å²) in [5.41, 5.74) is 12.7. The molecule has 0 radical (unpaired) electrons. The van der Waals surface area contributed by atoms with Gasteiger partial charge in [-0.05, 0) is 60.2 Å². The van der Waals surface area contributed by atoms with Crippen molar-refractivity contribution < 1.29 is 9.21 Å². The van der Waals surface area contributed by atoms with Crippen LogP contribution >= 0.6 is 0 Å². The van der Waals surface area contributed by atoms with Crippen LogP contribution in [0.5, 0.6) is 0 Å². The second-order valence-corrected chi connectivity index (χ2v) is 9.48. The van der Waals surface area contributed by atoms with Crippen LogP contribution < -0.4 is 16.4 Å². The monoisotopic (exact) mass is 524 g/mol. The van der Waals surface area contributed by atoms with Gasteiger partial charge in [-0.2, -0.15) is 5.10 Å². The summed E-state index contributed by atoms with van der Waals surface area (Å²) in [6.45, 7) is 0.374. The molecule has 40 heavy (non-hydrogen) atoms. The first-order chi connectivity index (χ1) is 19.7. The zero-order valence-electron chi connectivity index (χ0n) is 21.3. The summed E-state index contributed by atoms with van der Waals surface area (Å²) < 4.78 is 8.01. The molecule has 0 bridgehead atoms. The summed E-state index contributed by atoms with van der Waals surface area (Å²) >= 11 is 0. The number of amides is 1. The number of rotatable bonds is 6. The van der Waals surface area contributed by atoms with Crippen LogP contribution in [0.25, 0.3) is 38.7 Å². The van der Waals surface area contributed by atoms with Crippen LogP contribution in [-0.4, -0.2) is 20.5 Å². The lowest BCUT2D eigenvalue weighted by molar-refractivity contribution is 0.102. The first-order valence-corrected chi connectivity index (χ1v) is 12.9. The van der Waals surface area contributed by atoms with Crippen LogP contribution in [-0.2, 0) is 6.54 Å². The predicted octanol–water partition coefficient (Wildman–Crippen LogP) is 6.75. The minimum atomic E-state index is -0.207. The van der Waals surface area contributed by atoms with Crippen LogP contribution in [0.4, 0.5) is 17.3 Å². The molecule has 0 aliphatic heterocycles. The smallest absolute Gasteiger partial charge is 0.255 e. The molecule has 0 unspecified atom stereocenters. The molecule has 8 nitrogen and oxygen atoms in total. The Hall–Kier alpha value is -5.47. The number of anilines is 3. The molecule has 3 aromatic heterocycles. The lowest BCUT2D eigenvalue weighted by Gasteiger charge is -2.12. The van der Waals surface area contributed by atoms with E-state index in [2.05, 4.69) is 27.9 Å². The second kappa shape index (κ2) is 9.68. The van der Waals surface area contributed by atoms with E-state index in [1.54, 1.807) is 22.8 Å². The molecule has 4 N–H and O–H groups in total. The van der Waals surface area contributed by atoms with Crippen molar-refractivity contribution in [1.82, 2.24) is 14.6 Å². The van der Waals surface area contributed by atoms with Crippen molar-refractivity contribution in [3.8, 4) is 11.3 Å². The van der Waals surface area contributed by atoms with E-state index in [1.165, 1.54) is 0 Å². The van der Waals surface area contributed by atoms with Crippen molar-refractivity contribution in [2.75, 3.05) is 10.6 Å². The van der Waals surface area contributed by atoms with Crippen LogP contribution in [0.1, 0.15) is 15.9 Å². The summed E-state index contributed by atoms with van der Waals surface area (Å²) in [4.78, 5) is 17.8. The molecule has 0 fully saturated rings. The highest BCUT2D eigenvalue weighted by atomic mass is 16.3. The fourth-order valence-corrected chi connectivity index (χ4v) is 4.95.